The maximum Gasteiger partial charge on any atom is 0.244 e. The maximum atomic E-state index is 13.3. The number of carbonyl (C=O) groups is 1. The summed E-state index contributed by atoms with van der Waals surface area (Å²) in [6.07, 6.45) is 3.24. The molecule has 1 aromatic rings. The lowest BCUT2D eigenvalue weighted by Gasteiger charge is -2.39. The Morgan fingerprint density at radius 1 is 1.30 bits per heavy atom. The average molecular weight is 417 g/mol. The minimum atomic E-state index is -3.52. The molecule has 6 nitrogen and oxygen atoms in total. The number of hydrogen-bond donors (Lipinski definition) is 2. The molecule has 2 N–H and O–H groups in total. The van der Waals surface area contributed by atoms with Gasteiger partial charge in [-0.2, -0.15) is 0 Å². The van der Waals surface area contributed by atoms with Gasteiger partial charge < -0.3 is 15.3 Å². The van der Waals surface area contributed by atoms with E-state index in [4.69, 9.17) is 0 Å². The molecule has 152 valence electrons. The summed E-state index contributed by atoms with van der Waals surface area (Å²) in [5, 5.41) is 13.7. The molecule has 0 bridgehead atoms. The van der Waals surface area contributed by atoms with Crippen LogP contribution in [0.1, 0.15) is 43.8 Å². The quantitative estimate of drug-likeness (QED) is 0.762. The number of benzene rings is 1. The molecular formula is C19H29ClN2O4S. The van der Waals surface area contributed by atoms with Crippen molar-refractivity contribution in [3.63, 3.8) is 0 Å². The number of rotatable bonds is 5. The SMILES string of the molecule is CS(=O)(=O)C1(C(=O)N2CCCC2CC(O)c2ccccc2)CCNCC1.Cl. The number of carbonyl (C=O) groups excluding carboxylic acids is 1. The van der Waals surface area contributed by atoms with Crippen LogP contribution in [0.4, 0.5) is 0 Å². The normalized spacial score (nSPS) is 23.5. The van der Waals surface area contributed by atoms with Gasteiger partial charge in [0.1, 0.15) is 0 Å². The highest BCUT2D eigenvalue weighted by atomic mass is 35.5. The predicted molar refractivity (Wildman–Crippen MR) is 108 cm³/mol. The minimum Gasteiger partial charge on any atom is -0.388 e. The second-order valence-corrected chi connectivity index (χ2v) is 9.80. The highest BCUT2D eigenvalue weighted by molar-refractivity contribution is 7.92. The number of halogens is 1. The van der Waals surface area contributed by atoms with E-state index in [0.717, 1.165) is 18.4 Å². The number of sulfone groups is 1. The predicted octanol–water partition coefficient (Wildman–Crippen LogP) is 1.69. The smallest absolute Gasteiger partial charge is 0.244 e. The van der Waals surface area contributed by atoms with E-state index >= 15 is 0 Å². The summed E-state index contributed by atoms with van der Waals surface area (Å²) in [4.78, 5) is 15.1. The molecule has 0 aromatic heterocycles. The first kappa shape index (κ1) is 22.1. The first-order chi connectivity index (χ1) is 12.3. The van der Waals surface area contributed by atoms with Gasteiger partial charge >= 0.3 is 0 Å². The molecule has 2 atom stereocenters. The number of hydrogen-bond acceptors (Lipinski definition) is 5. The Morgan fingerprint density at radius 3 is 2.52 bits per heavy atom. The zero-order chi connectivity index (χ0) is 18.8. The summed E-state index contributed by atoms with van der Waals surface area (Å²) in [7, 11) is -3.52. The Kier molecular flexibility index (Phi) is 7.30. The lowest BCUT2D eigenvalue weighted by atomic mass is 9.94. The van der Waals surface area contributed by atoms with Gasteiger partial charge in [-0.15, -0.1) is 12.4 Å². The van der Waals surface area contributed by atoms with Gasteiger partial charge in [0.25, 0.3) is 0 Å². The van der Waals surface area contributed by atoms with E-state index in [-0.39, 0.29) is 24.4 Å². The van der Waals surface area contributed by atoms with Crippen LogP contribution >= 0.6 is 12.4 Å². The standard InChI is InChI=1S/C19H28N2O4S.ClH/c1-26(24,25)19(9-11-20-12-10-19)18(23)21-13-5-8-16(21)14-17(22)15-6-3-2-4-7-15;/h2-4,6-7,16-17,20,22H,5,8-14H2,1H3;1H. The monoisotopic (exact) mass is 416 g/mol. The Labute approximate surface area is 167 Å². The van der Waals surface area contributed by atoms with Crippen molar-refractivity contribution in [3.8, 4) is 0 Å². The van der Waals surface area contributed by atoms with Crippen LogP contribution in [0.25, 0.3) is 0 Å². The third-order valence-electron chi connectivity index (χ3n) is 5.83. The maximum absolute atomic E-state index is 13.3. The molecule has 0 spiro atoms. The highest BCUT2D eigenvalue weighted by Gasteiger charge is 2.52. The van der Waals surface area contributed by atoms with E-state index in [1.165, 1.54) is 6.26 Å². The van der Waals surface area contributed by atoms with E-state index in [1.807, 2.05) is 30.3 Å². The van der Waals surface area contributed by atoms with Crippen LogP contribution in [0.5, 0.6) is 0 Å². The summed E-state index contributed by atoms with van der Waals surface area (Å²) >= 11 is 0. The number of likely N-dealkylation sites (tertiary alicyclic amines) is 1. The number of nitrogens with one attached hydrogen (secondary N) is 1. The number of nitrogens with zero attached hydrogens (tertiary/aromatic N) is 1. The molecule has 2 aliphatic rings. The van der Waals surface area contributed by atoms with Gasteiger partial charge in [0.05, 0.1) is 6.10 Å². The lowest BCUT2D eigenvalue weighted by Crippen LogP contribution is -2.59. The summed E-state index contributed by atoms with van der Waals surface area (Å²) in [6, 6.07) is 9.28. The van der Waals surface area contributed by atoms with Gasteiger partial charge in [0, 0.05) is 18.8 Å². The van der Waals surface area contributed by atoms with Gasteiger partial charge in [-0.25, -0.2) is 8.42 Å². The van der Waals surface area contributed by atoms with Crippen LogP contribution in [-0.4, -0.2) is 61.0 Å². The second-order valence-electron chi connectivity index (χ2n) is 7.47. The fourth-order valence-corrected chi connectivity index (χ4v) is 5.63. The largest absolute Gasteiger partial charge is 0.388 e. The summed E-state index contributed by atoms with van der Waals surface area (Å²) in [5.41, 5.74) is 0.825. The van der Waals surface area contributed by atoms with Crippen molar-refractivity contribution < 1.29 is 18.3 Å². The van der Waals surface area contributed by atoms with Crippen molar-refractivity contribution in [3.05, 3.63) is 35.9 Å². The van der Waals surface area contributed by atoms with Gasteiger partial charge in [-0.3, -0.25) is 4.79 Å². The van der Waals surface area contributed by atoms with E-state index in [0.29, 0.717) is 38.9 Å². The number of amides is 1. The van der Waals surface area contributed by atoms with Crippen LogP contribution in [0.3, 0.4) is 0 Å². The Hall–Kier alpha value is -1.15. The highest BCUT2D eigenvalue weighted by Crippen LogP contribution is 2.35. The molecule has 2 heterocycles. The van der Waals surface area contributed by atoms with Crippen LogP contribution in [-0.2, 0) is 14.6 Å². The molecule has 0 aliphatic carbocycles. The fourth-order valence-electron chi connectivity index (χ4n) is 4.25. The molecule has 2 fully saturated rings. The molecule has 0 saturated carbocycles. The molecule has 2 unspecified atom stereocenters. The Morgan fingerprint density at radius 2 is 1.93 bits per heavy atom. The molecule has 2 aliphatic heterocycles. The molecule has 1 amide bonds. The topological polar surface area (TPSA) is 86.7 Å². The van der Waals surface area contributed by atoms with E-state index in [9.17, 15) is 18.3 Å². The van der Waals surface area contributed by atoms with Crippen LogP contribution < -0.4 is 5.32 Å². The van der Waals surface area contributed by atoms with Crippen LogP contribution in [0.15, 0.2) is 30.3 Å². The summed E-state index contributed by atoms with van der Waals surface area (Å²) in [5.74, 6) is -0.274. The third-order valence-corrected chi connectivity index (χ3v) is 7.83. The molecule has 0 radical (unpaired) electrons. The first-order valence-electron chi connectivity index (χ1n) is 9.29. The average Bonchev–Trinajstić information content (AvgIpc) is 3.09. The van der Waals surface area contributed by atoms with Gasteiger partial charge in [-0.1, -0.05) is 30.3 Å². The lowest BCUT2D eigenvalue weighted by molar-refractivity contribution is -0.136. The van der Waals surface area contributed by atoms with E-state index in [1.54, 1.807) is 4.90 Å². The van der Waals surface area contributed by atoms with Crippen molar-refractivity contribution in [1.82, 2.24) is 10.2 Å². The van der Waals surface area contributed by atoms with Crippen LogP contribution in [0, 0.1) is 0 Å². The van der Waals surface area contributed by atoms with Crippen molar-refractivity contribution in [1.29, 1.82) is 0 Å². The van der Waals surface area contributed by atoms with E-state index < -0.39 is 20.7 Å². The van der Waals surface area contributed by atoms with Crippen molar-refractivity contribution in [2.75, 3.05) is 25.9 Å². The van der Waals surface area contributed by atoms with Crippen molar-refractivity contribution in [2.24, 2.45) is 0 Å². The number of aliphatic hydroxyl groups is 1. The summed E-state index contributed by atoms with van der Waals surface area (Å²) in [6.45, 7) is 1.63. The molecule has 2 saturated heterocycles. The second kappa shape index (κ2) is 8.90. The third kappa shape index (κ3) is 4.47. The Balaban J connectivity index is 0.00000261. The summed E-state index contributed by atoms with van der Waals surface area (Å²) < 4.78 is 23.7. The minimum absolute atomic E-state index is 0. The number of piperidine rings is 1. The molecule has 27 heavy (non-hydrogen) atoms. The van der Waals surface area contributed by atoms with Crippen LogP contribution in [0.2, 0.25) is 0 Å². The Bertz CT molecular complexity index is 735. The molecule has 1 aromatic carbocycles. The molecular weight excluding hydrogens is 388 g/mol. The molecule has 3 rings (SSSR count). The first-order valence-corrected chi connectivity index (χ1v) is 11.2. The van der Waals surface area contributed by atoms with Gasteiger partial charge in [0.2, 0.25) is 5.91 Å². The zero-order valence-corrected chi connectivity index (χ0v) is 17.3. The van der Waals surface area contributed by atoms with E-state index in [2.05, 4.69) is 5.32 Å². The van der Waals surface area contributed by atoms with Crippen molar-refractivity contribution in [2.45, 2.75) is 49.0 Å². The van der Waals surface area contributed by atoms with Gasteiger partial charge in [-0.05, 0) is 50.8 Å². The van der Waals surface area contributed by atoms with Gasteiger partial charge in [0.15, 0.2) is 14.6 Å². The molecule has 8 heteroatoms. The van der Waals surface area contributed by atoms with Crippen molar-refractivity contribution >= 4 is 28.2 Å². The fraction of sp³-hybridized carbons (Fsp3) is 0.632. The zero-order valence-electron chi connectivity index (χ0n) is 15.6. The number of aliphatic hydroxyl groups excluding tert-OH is 1.